The van der Waals surface area contributed by atoms with Crippen LogP contribution in [0.4, 0.5) is 0 Å². The number of likely N-dealkylation sites (tertiary alicyclic amines) is 1. The number of nitrogens with zero attached hydrogens (tertiary/aromatic N) is 3. The van der Waals surface area contributed by atoms with Crippen LogP contribution in [0.25, 0.3) is 0 Å². The molecule has 3 aliphatic rings. The lowest BCUT2D eigenvalue weighted by Crippen LogP contribution is -2.54. The van der Waals surface area contributed by atoms with Gasteiger partial charge in [-0.3, -0.25) is 9.48 Å². The highest BCUT2D eigenvalue weighted by Crippen LogP contribution is 2.55. The van der Waals surface area contributed by atoms with Crippen LogP contribution in [0.1, 0.15) is 44.8 Å². The Bertz CT molecular complexity index is 935. The second-order valence-electron chi connectivity index (χ2n) is 9.51. The molecule has 2 aromatic rings. The first-order valence-electron chi connectivity index (χ1n) is 10.7. The Kier molecular flexibility index (Phi) is 4.82. The van der Waals surface area contributed by atoms with Gasteiger partial charge in [-0.05, 0) is 62.8 Å². The molecule has 0 radical (unpaired) electrons. The molecule has 1 amide bonds. The number of rotatable bonds is 2. The molecule has 160 valence electrons. The van der Waals surface area contributed by atoms with Crippen molar-refractivity contribution in [3.05, 3.63) is 47.2 Å². The summed E-state index contributed by atoms with van der Waals surface area (Å²) in [6.45, 7) is 6.88. The topological polar surface area (TPSA) is 56.6 Å². The molecule has 1 aromatic heterocycles. The Labute approximate surface area is 182 Å². The predicted molar refractivity (Wildman–Crippen MR) is 113 cm³/mol. The second kappa shape index (κ2) is 7.27. The van der Waals surface area contributed by atoms with Crippen LogP contribution in [0.3, 0.4) is 0 Å². The van der Waals surface area contributed by atoms with Crippen LogP contribution in [0.2, 0.25) is 5.02 Å². The molecule has 7 heteroatoms. The normalized spacial score (nSPS) is 26.6. The SMILES string of the molecule is CC1(C)Oc2ccc(Cl)cc2[C@H]2OCC3(CCN(C(=O)Cn4cccn4)CC3)C[C@@H]21. The van der Waals surface area contributed by atoms with Gasteiger partial charge in [0, 0.05) is 42.0 Å². The molecular weight excluding hydrogens is 402 g/mol. The van der Waals surface area contributed by atoms with Gasteiger partial charge in [-0.2, -0.15) is 5.10 Å². The van der Waals surface area contributed by atoms with E-state index in [2.05, 4.69) is 18.9 Å². The largest absolute Gasteiger partial charge is 0.487 e. The number of carbonyl (C=O) groups is 1. The van der Waals surface area contributed by atoms with Gasteiger partial charge in [0.2, 0.25) is 5.91 Å². The molecule has 0 aliphatic carbocycles. The fourth-order valence-electron chi connectivity index (χ4n) is 5.34. The number of amides is 1. The minimum absolute atomic E-state index is 0.00699. The number of piperidine rings is 1. The minimum atomic E-state index is -0.314. The van der Waals surface area contributed by atoms with Gasteiger partial charge < -0.3 is 14.4 Å². The van der Waals surface area contributed by atoms with E-state index in [-0.39, 0.29) is 28.9 Å². The van der Waals surface area contributed by atoms with E-state index in [1.807, 2.05) is 35.4 Å². The molecule has 0 N–H and O–H groups in total. The molecule has 5 rings (SSSR count). The first-order valence-corrected chi connectivity index (χ1v) is 11.1. The zero-order chi connectivity index (χ0) is 20.9. The number of fused-ring (bicyclic) bond motifs is 3. The van der Waals surface area contributed by atoms with E-state index in [0.29, 0.717) is 11.6 Å². The molecule has 0 bridgehead atoms. The molecule has 0 saturated carbocycles. The van der Waals surface area contributed by atoms with Crippen molar-refractivity contribution in [1.29, 1.82) is 0 Å². The molecule has 6 nitrogen and oxygen atoms in total. The van der Waals surface area contributed by atoms with Crippen molar-refractivity contribution in [3.63, 3.8) is 0 Å². The zero-order valence-corrected chi connectivity index (χ0v) is 18.3. The monoisotopic (exact) mass is 429 g/mol. The van der Waals surface area contributed by atoms with Crippen LogP contribution in [0.15, 0.2) is 36.7 Å². The Morgan fingerprint density at radius 2 is 2.10 bits per heavy atom. The number of aromatic nitrogens is 2. The molecule has 2 atom stereocenters. The molecule has 1 aromatic carbocycles. The van der Waals surface area contributed by atoms with Gasteiger partial charge in [0.15, 0.2) is 0 Å². The summed E-state index contributed by atoms with van der Waals surface area (Å²) in [4.78, 5) is 14.6. The van der Waals surface area contributed by atoms with E-state index in [1.165, 1.54) is 0 Å². The van der Waals surface area contributed by atoms with Crippen LogP contribution < -0.4 is 4.74 Å². The van der Waals surface area contributed by atoms with Crippen molar-refractivity contribution in [1.82, 2.24) is 14.7 Å². The highest BCUT2D eigenvalue weighted by molar-refractivity contribution is 6.30. The van der Waals surface area contributed by atoms with Crippen LogP contribution in [-0.4, -0.2) is 45.9 Å². The van der Waals surface area contributed by atoms with Gasteiger partial charge in [-0.15, -0.1) is 0 Å². The third-order valence-electron chi connectivity index (χ3n) is 7.17. The smallest absolute Gasteiger partial charge is 0.244 e. The van der Waals surface area contributed by atoms with Crippen molar-refractivity contribution in [2.24, 2.45) is 11.3 Å². The highest BCUT2D eigenvalue weighted by Gasteiger charge is 2.52. The Balaban J connectivity index is 1.29. The summed E-state index contributed by atoms with van der Waals surface area (Å²) in [6.07, 6.45) is 6.49. The van der Waals surface area contributed by atoms with Crippen LogP contribution in [0.5, 0.6) is 5.75 Å². The summed E-state index contributed by atoms with van der Waals surface area (Å²) < 4.78 is 14.6. The third-order valence-corrected chi connectivity index (χ3v) is 7.40. The molecule has 30 heavy (non-hydrogen) atoms. The van der Waals surface area contributed by atoms with Crippen molar-refractivity contribution in [2.45, 2.75) is 51.4 Å². The molecule has 2 saturated heterocycles. The van der Waals surface area contributed by atoms with E-state index < -0.39 is 0 Å². The van der Waals surface area contributed by atoms with E-state index in [0.717, 1.165) is 50.3 Å². The summed E-state index contributed by atoms with van der Waals surface area (Å²) in [5, 5.41) is 4.86. The molecule has 4 heterocycles. The standard InChI is InChI=1S/C23H28ClN3O3/c1-22(2)18-13-23(15-29-21(18)17-12-16(24)4-5-19(17)30-22)6-10-26(11-7-23)20(28)14-27-9-3-8-25-27/h3-5,8-9,12,18,21H,6-7,10-11,13-15H2,1-2H3/t18-,21+/m0/s1. The molecule has 2 fully saturated rings. The fraction of sp³-hybridized carbons (Fsp3) is 0.565. The van der Waals surface area contributed by atoms with E-state index in [1.54, 1.807) is 10.9 Å². The number of ether oxygens (including phenoxy) is 2. The van der Waals surface area contributed by atoms with Crippen LogP contribution in [-0.2, 0) is 16.1 Å². The maximum absolute atomic E-state index is 12.6. The zero-order valence-electron chi connectivity index (χ0n) is 17.5. The van der Waals surface area contributed by atoms with Gasteiger partial charge in [0.25, 0.3) is 0 Å². The summed E-state index contributed by atoms with van der Waals surface area (Å²) in [7, 11) is 0. The second-order valence-corrected chi connectivity index (χ2v) is 9.95. The lowest BCUT2D eigenvalue weighted by Gasteiger charge is -2.54. The number of carbonyl (C=O) groups excluding carboxylic acids is 1. The number of halogens is 1. The van der Waals surface area contributed by atoms with Gasteiger partial charge >= 0.3 is 0 Å². The van der Waals surface area contributed by atoms with Crippen molar-refractivity contribution in [2.75, 3.05) is 19.7 Å². The highest BCUT2D eigenvalue weighted by atomic mass is 35.5. The van der Waals surface area contributed by atoms with Gasteiger partial charge in [0.05, 0.1) is 12.7 Å². The molecule has 3 aliphatic heterocycles. The van der Waals surface area contributed by atoms with Crippen molar-refractivity contribution >= 4 is 17.5 Å². The minimum Gasteiger partial charge on any atom is -0.487 e. The van der Waals surface area contributed by atoms with Gasteiger partial charge in [0.1, 0.15) is 17.9 Å². The van der Waals surface area contributed by atoms with Crippen molar-refractivity contribution in [3.8, 4) is 5.75 Å². The van der Waals surface area contributed by atoms with Crippen LogP contribution in [0, 0.1) is 11.3 Å². The first-order chi connectivity index (χ1) is 14.4. The molecular formula is C23H28ClN3O3. The number of hydrogen-bond donors (Lipinski definition) is 0. The maximum atomic E-state index is 12.6. The van der Waals surface area contributed by atoms with E-state index in [4.69, 9.17) is 21.1 Å². The first kappa shape index (κ1) is 19.9. The summed E-state index contributed by atoms with van der Waals surface area (Å²) in [5.74, 6) is 1.26. The molecule has 0 unspecified atom stereocenters. The maximum Gasteiger partial charge on any atom is 0.244 e. The summed E-state index contributed by atoms with van der Waals surface area (Å²) in [5.41, 5.74) is 0.847. The van der Waals surface area contributed by atoms with Gasteiger partial charge in [-0.1, -0.05) is 11.6 Å². The summed E-state index contributed by atoms with van der Waals surface area (Å²) in [6, 6.07) is 7.65. The number of benzene rings is 1. The average molecular weight is 430 g/mol. The number of hydrogen-bond acceptors (Lipinski definition) is 4. The Hall–Kier alpha value is -2.05. The van der Waals surface area contributed by atoms with Gasteiger partial charge in [-0.25, -0.2) is 0 Å². The predicted octanol–water partition coefficient (Wildman–Crippen LogP) is 4.09. The van der Waals surface area contributed by atoms with E-state index in [9.17, 15) is 4.79 Å². The van der Waals surface area contributed by atoms with E-state index >= 15 is 0 Å². The Morgan fingerprint density at radius 3 is 2.83 bits per heavy atom. The lowest BCUT2D eigenvalue weighted by molar-refractivity contribution is -0.176. The third kappa shape index (κ3) is 3.50. The quantitative estimate of drug-likeness (QED) is 0.721. The average Bonchev–Trinajstić information content (AvgIpc) is 3.22. The Morgan fingerprint density at radius 1 is 1.30 bits per heavy atom. The fourth-order valence-corrected chi connectivity index (χ4v) is 5.52. The lowest BCUT2D eigenvalue weighted by atomic mass is 9.64. The van der Waals surface area contributed by atoms with Crippen molar-refractivity contribution < 1.29 is 14.3 Å². The molecule has 1 spiro atoms. The van der Waals surface area contributed by atoms with Crippen LogP contribution >= 0.6 is 11.6 Å². The summed E-state index contributed by atoms with van der Waals surface area (Å²) >= 11 is 6.26.